The van der Waals surface area contributed by atoms with Crippen LogP contribution < -0.4 is 15.9 Å². The molecule has 0 spiro atoms. The normalized spacial score (nSPS) is 29.9. The number of aliphatic hydroxyl groups excluding tert-OH is 3. The summed E-state index contributed by atoms with van der Waals surface area (Å²) >= 11 is 0. The Morgan fingerprint density at radius 1 is 0.705 bits per heavy atom. The summed E-state index contributed by atoms with van der Waals surface area (Å²) in [6, 6.07) is 32.5. The smallest absolute Gasteiger partial charge is 0.126 e. The predicted octanol–water partition coefficient (Wildman–Crippen LogP) is 7.05. The van der Waals surface area contributed by atoms with Crippen LogP contribution in [-0.2, 0) is 14.3 Å². The quantitative estimate of drug-likeness (QED) is 0.0585. The maximum atomic E-state index is 14.0. The van der Waals surface area contributed by atoms with E-state index in [4.69, 9.17) is 4.74 Å². The predicted molar refractivity (Wildman–Crippen MR) is 250 cm³/mol. The number of esters is 1. The van der Waals surface area contributed by atoms with Gasteiger partial charge in [0.2, 0.25) is 0 Å². The van der Waals surface area contributed by atoms with Crippen molar-refractivity contribution >= 4 is 35.1 Å². The third kappa shape index (κ3) is 13.0. The van der Waals surface area contributed by atoms with Gasteiger partial charge in [0, 0.05) is 12.5 Å². The zero-order valence-electron chi connectivity index (χ0n) is 38.1. The van der Waals surface area contributed by atoms with E-state index in [0.717, 1.165) is 25.7 Å². The van der Waals surface area contributed by atoms with Crippen LogP contribution in [0.15, 0.2) is 91.0 Å². The van der Waals surface area contributed by atoms with Crippen molar-refractivity contribution in [3.8, 4) is 0 Å². The standard InChI is InChI=1S/C51H78NO8P/c1-8-44-51(7,59)48(56)40(5)52(36-37(2)35-50(6,58)47(55)38(3)46(54)39(4)49(57)60-44)45(53)33-25-14-12-10-9-11-13-15-26-34-61(41-27-19-16-20-28-41,42-29-21-17-22-30-42)43-31-23-18-24-32-43/h16-24,27-32,37-40,44,46-48,54-56,58-59,61H,8-15,25-26,33-36H2,1-7H3/t37-,38+,39-,40-,44-,46+,47-,48-,50-,51-/m1/s1. The first kappa shape index (κ1) is 50.5. The maximum Gasteiger partial charge on any atom is 0.126 e. The monoisotopic (exact) mass is 864 g/mol. The van der Waals surface area contributed by atoms with Crippen molar-refractivity contribution < 1.29 is 39.9 Å². The van der Waals surface area contributed by atoms with Crippen molar-refractivity contribution in [3.63, 3.8) is 0 Å². The molecule has 340 valence electrons. The van der Waals surface area contributed by atoms with Gasteiger partial charge in [-0.1, -0.05) is 20.8 Å². The summed E-state index contributed by atoms with van der Waals surface area (Å²) in [5.74, 6) is -3.22. The maximum absolute atomic E-state index is 14.0. The van der Waals surface area contributed by atoms with Gasteiger partial charge in [-0.05, 0) is 46.5 Å². The van der Waals surface area contributed by atoms with E-state index >= 15 is 0 Å². The van der Waals surface area contributed by atoms with E-state index in [1.54, 1.807) is 25.7 Å². The van der Waals surface area contributed by atoms with Crippen molar-refractivity contribution in [1.82, 2.24) is 4.90 Å². The number of rotatable bonds is 16. The number of aliphatic hydroxyl groups is 5. The first-order valence-corrected chi connectivity index (χ1v) is 25.3. The van der Waals surface area contributed by atoms with Crippen molar-refractivity contribution in [3.05, 3.63) is 91.0 Å². The molecule has 4 rings (SSSR count). The molecule has 0 saturated carbocycles. The van der Waals surface area contributed by atoms with Gasteiger partial charge >= 0.3 is 196 Å². The molecule has 10 atom stereocenters. The van der Waals surface area contributed by atoms with E-state index in [2.05, 4.69) is 91.0 Å². The molecule has 9 nitrogen and oxygen atoms in total. The average molecular weight is 864 g/mol. The number of hydrogen-bond acceptors (Lipinski definition) is 8. The van der Waals surface area contributed by atoms with Gasteiger partial charge in [-0.3, -0.25) is 9.59 Å². The van der Waals surface area contributed by atoms with Crippen LogP contribution in [0.1, 0.15) is 126 Å². The molecule has 0 radical (unpaired) electrons. The Hall–Kier alpha value is -3.17. The van der Waals surface area contributed by atoms with E-state index in [0.29, 0.717) is 6.42 Å². The summed E-state index contributed by atoms with van der Waals surface area (Å²) in [4.78, 5) is 28.7. The molecule has 0 aromatic heterocycles. The van der Waals surface area contributed by atoms with Crippen molar-refractivity contribution in [2.75, 3.05) is 12.7 Å². The largest absolute Gasteiger partial charge is 0.388 e. The van der Waals surface area contributed by atoms with Gasteiger partial charge in [-0.25, -0.2) is 0 Å². The minimum atomic E-state index is -2.20. The number of unbranched alkanes of at least 4 members (excludes halogenated alkanes) is 8. The van der Waals surface area contributed by atoms with Crippen molar-refractivity contribution in [2.24, 2.45) is 17.8 Å². The second-order valence-corrected chi connectivity index (χ2v) is 22.8. The Morgan fingerprint density at radius 3 is 1.61 bits per heavy atom. The first-order valence-electron chi connectivity index (χ1n) is 23.1. The number of carbonyl (C=O) groups is 2. The molecule has 1 amide bonds. The van der Waals surface area contributed by atoms with Crippen molar-refractivity contribution in [2.45, 2.75) is 167 Å². The van der Waals surface area contributed by atoms with Gasteiger partial charge in [0.05, 0.1) is 29.8 Å². The molecule has 10 heteroatoms. The fourth-order valence-corrected chi connectivity index (χ4v) is 14.9. The van der Waals surface area contributed by atoms with Gasteiger partial charge in [0.1, 0.15) is 17.8 Å². The molecule has 0 unspecified atom stereocenters. The third-order valence-corrected chi connectivity index (χ3v) is 18.8. The van der Waals surface area contributed by atoms with Crippen LogP contribution in [-0.4, -0.2) is 96.7 Å². The number of cyclic esters (lactones) is 1. The van der Waals surface area contributed by atoms with Crippen LogP contribution in [0, 0.1) is 17.8 Å². The van der Waals surface area contributed by atoms with E-state index in [-0.39, 0.29) is 37.6 Å². The Kier molecular flexibility index (Phi) is 19.4. The molecule has 1 aliphatic heterocycles. The number of carbonyl (C=O) groups excluding carboxylic acids is 2. The van der Waals surface area contributed by atoms with Crippen LogP contribution in [0.2, 0.25) is 0 Å². The molecule has 1 heterocycles. The molecule has 3 aromatic carbocycles. The minimum absolute atomic E-state index is 0.0977. The average Bonchev–Trinajstić information content (AvgIpc) is 3.26. The number of ether oxygens (including phenoxy) is 1. The van der Waals surface area contributed by atoms with Gasteiger partial charge < -0.3 is 35.2 Å². The fourth-order valence-electron chi connectivity index (χ4n) is 9.93. The molecule has 5 N–H and O–H groups in total. The van der Waals surface area contributed by atoms with Crippen LogP contribution in [0.4, 0.5) is 0 Å². The summed E-state index contributed by atoms with van der Waals surface area (Å²) < 4.78 is 5.69. The number of nitrogens with zero attached hydrogens (tertiary/aromatic N) is 1. The molecule has 3 aromatic rings. The molecule has 1 aliphatic rings. The summed E-state index contributed by atoms with van der Waals surface area (Å²) in [5.41, 5.74) is -3.56. The first-order chi connectivity index (χ1) is 29.0. The molecular weight excluding hydrogens is 786 g/mol. The Bertz CT molecular complexity index is 1640. The topological polar surface area (TPSA) is 148 Å². The number of benzene rings is 3. The molecule has 61 heavy (non-hydrogen) atoms. The SMILES string of the molecule is CC[C@H]1OC(=O)[C@H](C)[C@@H](O)[C@H](C)[C@@H](O)[C@](C)(O)C[C@@H](C)CN(C(=O)CCCCCCCCCCC[PH](c2ccccc2)(c2ccccc2)c2ccccc2)[C@H](C)[C@@H](O)[C@]1(C)O. The minimum Gasteiger partial charge on any atom is -0.388 e. The molecular formula is C51H78NO8P. The molecule has 0 bridgehead atoms. The van der Waals surface area contributed by atoms with Gasteiger partial charge in [0.15, 0.2) is 0 Å². The fraction of sp³-hybridized carbons (Fsp3) is 0.608. The van der Waals surface area contributed by atoms with Crippen LogP contribution in [0.25, 0.3) is 0 Å². The van der Waals surface area contributed by atoms with Gasteiger partial charge in [0.25, 0.3) is 0 Å². The van der Waals surface area contributed by atoms with E-state index in [1.807, 2.05) is 6.92 Å². The molecule has 1 saturated heterocycles. The zero-order chi connectivity index (χ0) is 44.8. The Morgan fingerprint density at radius 2 is 1.15 bits per heavy atom. The van der Waals surface area contributed by atoms with Crippen molar-refractivity contribution in [1.29, 1.82) is 0 Å². The van der Waals surface area contributed by atoms with Crippen LogP contribution >= 0.6 is 7.26 Å². The van der Waals surface area contributed by atoms with Gasteiger partial charge in [-0.15, -0.1) is 0 Å². The summed E-state index contributed by atoms with van der Waals surface area (Å²) in [6.45, 7) is 11.4. The number of amides is 1. The van der Waals surface area contributed by atoms with E-state index < -0.39 is 66.7 Å². The van der Waals surface area contributed by atoms with Crippen LogP contribution in [0.5, 0.6) is 0 Å². The second-order valence-electron chi connectivity index (χ2n) is 18.7. The third-order valence-electron chi connectivity index (χ3n) is 13.7. The summed E-state index contributed by atoms with van der Waals surface area (Å²) in [7, 11) is -2.20. The van der Waals surface area contributed by atoms with E-state index in [9.17, 15) is 35.1 Å². The zero-order valence-corrected chi connectivity index (χ0v) is 39.1. The summed E-state index contributed by atoms with van der Waals surface area (Å²) in [5, 5.41) is 61.3. The second kappa shape index (κ2) is 23.5. The molecule has 1 fully saturated rings. The Labute approximate surface area is 367 Å². The number of hydrogen-bond donors (Lipinski definition) is 5. The molecule has 0 aliphatic carbocycles. The van der Waals surface area contributed by atoms with Crippen LogP contribution in [0.3, 0.4) is 0 Å². The Balaban J connectivity index is 1.31. The van der Waals surface area contributed by atoms with Gasteiger partial charge in [-0.2, -0.15) is 0 Å². The van der Waals surface area contributed by atoms with E-state index in [1.165, 1.54) is 68.5 Å². The summed E-state index contributed by atoms with van der Waals surface area (Å²) in [6.07, 6.45) is 6.02.